The molecule has 2 unspecified atom stereocenters. The number of carbonyl (C=O) groups is 1. The molecule has 1 aliphatic carbocycles. The highest BCUT2D eigenvalue weighted by molar-refractivity contribution is 5.88. The summed E-state index contributed by atoms with van der Waals surface area (Å²) in [5.74, 6) is -3.77. The maximum atomic E-state index is 12.9. The van der Waals surface area contributed by atoms with E-state index in [1.807, 2.05) is 6.07 Å². The molecular weight excluding hydrogens is 462 g/mol. The van der Waals surface area contributed by atoms with Crippen LogP contribution in [0.3, 0.4) is 0 Å². The molecule has 184 valence electrons. The van der Waals surface area contributed by atoms with Gasteiger partial charge in [0, 0.05) is 0 Å². The number of nitro groups is 1. The number of aliphatic carboxylic acids is 1. The number of aliphatic hydroxyl groups excluding tert-OH is 1. The SMILES string of the molecule is O=C(O)C1=CC(O)=C(OCc2ccccc2)C(OCc2ccccc2)([N+](=O)[O-])C1Cc1ccccc1. The van der Waals surface area contributed by atoms with E-state index in [-0.39, 0.29) is 25.2 Å². The molecule has 3 aromatic rings. The summed E-state index contributed by atoms with van der Waals surface area (Å²) in [7, 11) is 0. The minimum Gasteiger partial charge on any atom is -0.504 e. The predicted octanol–water partition coefficient (Wildman–Crippen LogP) is 5.05. The Balaban J connectivity index is 1.82. The molecule has 1 aliphatic rings. The summed E-state index contributed by atoms with van der Waals surface area (Å²) in [5.41, 5.74) is -0.801. The Hall–Kier alpha value is -4.43. The van der Waals surface area contributed by atoms with Gasteiger partial charge in [0.05, 0.1) is 17.1 Å². The number of benzene rings is 3. The first-order valence-electron chi connectivity index (χ1n) is 11.3. The minimum atomic E-state index is -2.49. The largest absolute Gasteiger partial charge is 0.504 e. The molecule has 0 aliphatic heterocycles. The van der Waals surface area contributed by atoms with Crippen LogP contribution in [-0.2, 0) is 33.9 Å². The zero-order chi connectivity index (χ0) is 25.5. The van der Waals surface area contributed by atoms with E-state index < -0.39 is 34.1 Å². The minimum absolute atomic E-state index is 0.0276. The molecule has 4 rings (SSSR count). The third-order valence-corrected chi connectivity index (χ3v) is 6.03. The Kier molecular flexibility index (Phi) is 7.46. The Labute approximate surface area is 207 Å². The average molecular weight is 488 g/mol. The van der Waals surface area contributed by atoms with Gasteiger partial charge in [0.15, 0.2) is 5.76 Å². The van der Waals surface area contributed by atoms with E-state index in [1.165, 1.54) is 0 Å². The molecule has 0 amide bonds. The zero-order valence-electron chi connectivity index (χ0n) is 19.3. The van der Waals surface area contributed by atoms with Crippen molar-refractivity contribution < 1.29 is 29.4 Å². The number of nitrogens with zero attached hydrogens (tertiary/aromatic N) is 1. The molecule has 2 atom stereocenters. The molecule has 0 saturated heterocycles. The summed E-state index contributed by atoms with van der Waals surface area (Å²) < 4.78 is 11.9. The second-order valence-electron chi connectivity index (χ2n) is 8.36. The van der Waals surface area contributed by atoms with E-state index in [0.717, 1.165) is 6.08 Å². The summed E-state index contributed by atoms with van der Waals surface area (Å²) in [4.78, 5) is 24.4. The van der Waals surface area contributed by atoms with Crippen molar-refractivity contribution in [2.75, 3.05) is 0 Å². The number of aliphatic hydroxyl groups is 1. The van der Waals surface area contributed by atoms with E-state index in [9.17, 15) is 25.1 Å². The summed E-state index contributed by atoms with van der Waals surface area (Å²) >= 11 is 0. The summed E-state index contributed by atoms with van der Waals surface area (Å²) in [5, 5.41) is 33.7. The van der Waals surface area contributed by atoms with Gasteiger partial charge in [-0.2, -0.15) is 0 Å². The molecule has 3 aromatic carbocycles. The van der Waals surface area contributed by atoms with Gasteiger partial charge in [-0.3, -0.25) is 10.1 Å². The summed E-state index contributed by atoms with van der Waals surface area (Å²) in [6.45, 7) is -0.287. The molecule has 8 nitrogen and oxygen atoms in total. The second kappa shape index (κ2) is 10.9. The van der Waals surface area contributed by atoms with Crippen molar-refractivity contribution in [2.24, 2.45) is 5.92 Å². The van der Waals surface area contributed by atoms with Gasteiger partial charge in [-0.1, -0.05) is 91.0 Å². The molecule has 8 heteroatoms. The normalized spacial score (nSPS) is 19.4. The maximum absolute atomic E-state index is 12.9. The van der Waals surface area contributed by atoms with Crippen molar-refractivity contribution in [3.05, 3.63) is 141 Å². The van der Waals surface area contributed by atoms with Crippen molar-refractivity contribution in [1.29, 1.82) is 0 Å². The molecule has 2 N–H and O–H groups in total. The lowest BCUT2D eigenvalue weighted by molar-refractivity contribution is -0.634. The Morgan fingerprint density at radius 1 is 0.861 bits per heavy atom. The smallest absolute Gasteiger partial charge is 0.394 e. The van der Waals surface area contributed by atoms with Crippen LogP contribution >= 0.6 is 0 Å². The van der Waals surface area contributed by atoms with E-state index in [2.05, 4.69) is 0 Å². The lowest BCUT2D eigenvalue weighted by Gasteiger charge is -2.36. The quantitative estimate of drug-likeness (QED) is 0.233. The highest BCUT2D eigenvalue weighted by Gasteiger charge is 2.63. The number of hydrogen-bond donors (Lipinski definition) is 2. The molecule has 0 radical (unpaired) electrons. The predicted molar refractivity (Wildman–Crippen MR) is 131 cm³/mol. The first-order chi connectivity index (χ1) is 17.4. The molecule has 0 bridgehead atoms. The van der Waals surface area contributed by atoms with Crippen LogP contribution in [0.4, 0.5) is 0 Å². The van der Waals surface area contributed by atoms with E-state index >= 15 is 0 Å². The molecule has 0 aromatic heterocycles. The average Bonchev–Trinajstić information content (AvgIpc) is 2.89. The van der Waals surface area contributed by atoms with E-state index in [1.54, 1.807) is 84.9 Å². The van der Waals surface area contributed by atoms with Crippen molar-refractivity contribution in [3.8, 4) is 0 Å². The van der Waals surface area contributed by atoms with Gasteiger partial charge < -0.3 is 19.7 Å². The topological polar surface area (TPSA) is 119 Å². The number of carboxylic acid groups (broad SMARTS) is 1. The lowest BCUT2D eigenvalue weighted by Crippen LogP contribution is -2.54. The second-order valence-corrected chi connectivity index (χ2v) is 8.36. The molecule has 36 heavy (non-hydrogen) atoms. The number of allylic oxidation sites excluding steroid dienone is 1. The number of ether oxygens (including phenoxy) is 2. The fraction of sp³-hybridized carbons (Fsp3) is 0.179. The van der Waals surface area contributed by atoms with Crippen molar-refractivity contribution in [2.45, 2.75) is 25.4 Å². The standard InChI is InChI=1S/C28H25NO7/c30-25-17-23(27(31)32)24(16-20-10-4-1-5-11-20)28(29(33)34,36-19-22-14-8-3-9-15-22)26(25)35-18-21-12-6-2-7-13-21/h1-15,17,24,30H,16,18-19H2,(H,31,32). The maximum Gasteiger partial charge on any atom is 0.394 e. The third kappa shape index (κ3) is 5.13. The molecule has 0 spiro atoms. The van der Waals surface area contributed by atoms with Crippen LogP contribution in [0.5, 0.6) is 0 Å². The van der Waals surface area contributed by atoms with Crippen LogP contribution < -0.4 is 0 Å². The summed E-state index contributed by atoms with van der Waals surface area (Å²) in [6, 6.07) is 26.6. The van der Waals surface area contributed by atoms with Gasteiger partial charge >= 0.3 is 11.7 Å². The Bertz CT molecular complexity index is 1270. The monoisotopic (exact) mass is 487 g/mol. The number of carboxylic acids is 1. The molecule has 0 saturated carbocycles. The fourth-order valence-electron chi connectivity index (χ4n) is 4.28. The van der Waals surface area contributed by atoms with E-state index in [0.29, 0.717) is 16.7 Å². The number of rotatable bonds is 10. The highest BCUT2D eigenvalue weighted by atomic mass is 16.7. The highest BCUT2D eigenvalue weighted by Crippen LogP contribution is 2.44. The van der Waals surface area contributed by atoms with Gasteiger partial charge in [0.1, 0.15) is 12.5 Å². The van der Waals surface area contributed by atoms with Crippen LogP contribution in [0.1, 0.15) is 16.7 Å². The first-order valence-corrected chi connectivity index (χ1v) is 11.3. The molecule has 0 fully saturated rings. The Morgan fingerprint density at radius 3 is 1.86 bits per heavy atom. The molecule has 0 heterocycles. The van der Waals surface area contributed by atoms with Gasteiger partial charge in [-0.25, -0.2) is 4.79 Å². The molecular formula is C28H25NO7. The van der Waals surface area contributed by atoms with Gasteiger partial charge in [-0.05, 0) is 29.2 Å². The van der Waals surface area contributed by atoms with Gasteiger partial charge in [0.25, 0.3) is 0 Å². The van der Waals surface area contributed by atoms with Crippen LogP contribution in [0.15, 0.2) is 114 Å². The van der Waals surface area contributed by atoms with Gasteiger partial charge in [-0.15, -0.1) is 0 Å². The zero-order valence-corrected chi connectivity index (χ0v) is 19.3. The third-order valence-electron chi connectivity index (χ3n) is 6.03. The lowest BCUT2D eigenvalue weighted by atomic mass is 9.78. The van der Waals surface area contributed by atoms with Crippen molar-refractivity contribution in [1.82, 2.24) is 0 Å². The van der Waals surface area contributed by atoms with Crippen LogP contribution in [0, 0.1) is 16.0 Å². The first kappa shape index (κ1) is 24.7. The van der Waals surface area contributed by atoms with Crippen LogP contribution in [-0.4, -0.2) is 26.8 Å². The fourth-order valence-corrected chi connectivity index (χ4v) is 4.28. The van der Waals surface area contributed by atoms with Crippen molar-refractivity contribution in [3.63, 3.8) is 0 Å². The van der Waals surface area contributed by atoms with Crippen molar-refractivity contribution >= 4 is 5.97 Å². The van der Waals surface area contributed by atoms with Crippen LogP contribution in [0.25, 0.3) is 0 Å². The van der Waals surface area contributed by atoms with Crippen LogP contribution in [0.2, 0.25) is 0 Å². The Morgan fingerprint density at radius 2 is 1.36 bits per heavy atom. The summed E-state index contributed by atoms with van der Waals surface area (Å²) in [6.07, 6.45) is 0.990. The van der Waals surface area contributed by atoms with E-state index in [4.69, 9.17) is 9.47 Å². The van der Waals surface area contributed by atoms with Gasteiger partial charge in [0.2, 0.25) is 5.76 Å². The number of hydrogen-bond acceptors (Lipinski definition) is 6.